The van der Waals surface area contributed by atoms with Crippen molar-refractivity contribution in [3.63, 3.8) is 0 Å². The third-order valence-corrected chi connectivity index (χ3v) is 8.32. The number of anilines is 2. The van der Waals surface area contributed by atoms with E-state index >= 15 is 0 Å². The highest BCUT2D eigenvalue weighted by Crippen LogP contribution is 2.38. The molecule has 0 spiro atoms. The second kappa shape index (κ2) is 14.9. The molecule has 0 bridgehead atoms. The molecule has 12 nitrogen and oxygen atoms in total. The maximum absolute atomic E-state index is 12.7. The lowest BCUT2D eigenvalue weighted by Crippen LogP contribution is -2.32. The normalized spacial score (nSPS) is 17.8. The zero-order valence-corrected chi connectivity index (χ0v) is 27.0. The van der Waals surface area contributed by atoms with Crippen molar-refractivity contribution in [1.82, 2.24) is 24.5 Å². The van der Waals surface area contributed by atoms with Gasteiger partial charge in [-0.3, -0.25) is 0 Å². The van der Waals surface area contributed by atoms with Gasteiger partial charge < -0.3 is 24.8 Å². The lowest BCUT2D eigenvalue weighted by atomic mass is 9.97. The molecule has 2 N–H and O–H groups in total. The summed E-state index contributed by atoms with van der Waals surface area (Å²) in [4.78, 5) is 12.7. The van der Waals surface area contributed by atoms with Gasteiger partial charge in [-0.25, -0.2) is 14.0 Å². The van der Waals surface area contributed by atoms with E-state index in [0.29, 0.717) is 38.3 Å². The fraction of sp³-hybridized carbons (Fsp3) is 0.306. The summed E-state index contributed by atoms with van der Waals surface area (Å²) in [5, 5.41) is 28.2. The van der Waals surface area contributed by atoms with E-state index in [-0.39, 0.29) is 17.8 Å². The number of ether oxygens (including phenoxy) is 3. The summed E-state index contributed by atoms with van der Waals surface area (Å²) in [7, 11) is 0. The van der Waals surface area contributed by atoms with Crippen molar-refractivity contribution in [1.29, 1.82) is 5.26 Å². The Balaban J connectivity index is 0.968. The van der Waals surface area contributed by atoms with Gasteiger partial charge >= 0.3 is 5.69 Å². The van der Waals surface area contributed by atoms with Crippen LogP contribution in [0.3, 0.4) is 0 Å². The van der Waals surface area contributed by atoms with Crippen molar-refractivity contribution in [2.24, 2.45) is 0 Å². The topological polar surface area (TPSA) is 141 Å². The number of aromatic nitrogens is 5. The molecule has 1 saturated heterocycles. The van der Waals surface area contributed by atoms with Gasteiger partial charge in [0.15, 0.2) is 5.79 Å². The molecule has 0 amide bonds. The molecule has 5 aromatic rings. The van der Waals surface area contributed by atoms with Crippen LogP contribution in [0.1, 0.15) is 43.0 Å². The Bertz CT molecular complexity index is 1870. The molecule has 0 aliphatic carbocycles. The molecule has 0 saturated carbocycles. The summed E-state index contributed by atoms with van der Waals surface area (Å²) in [5.41, 5.74) is 4.90. The lowest BCUT2D eigenvalue weighted by Gasteiger charge is -2.29. The van der Waals surface area contributed by atoms with Crippen LogP contribution in [0.15, 0.2) is 102 Å². The highest BCUT2D eigenvalue weighted by molar-refractivity contribution is 5.50. The van der Waals surface area contributed by atoms with Crippen LogP contribution in [0.2, 0.25) is 0 Å². The molecule has 3 atom stereocenters. The molecule has 12 heteroatoms. The summed E-state index contributed by atoms with van der Waals surface area (Å²) in [6.07, 6.45) is 5.90. The molecule has 3 aromatic carbocycles. The molecule has 6 rings (SSSR count). The Morgan fingerprint density at radius 1 is 1.00 bits per heavy atom. The van der Waals surface area contributed by atoms with Gasteiger partial charge in [-0.05, 0) is 85.6 Å². The Morgan fingerprint density at radius 3 is 2.35 bits per heavy atom. The van der Waals surface area contributed by atoms with E-state index in [2.05, 4.69) is 32.0 Å². The average molecular weight is 647 g/mol. The van der Waals surface area contributed by atoms with Crippen molar-refractivity contribution < 1.29 is 14.2 Å². The highest BCUT2D eigenvalue weighted by Gasteiger charge is 2.43. The number of hydrogen-bond acceptors (Lipinski definition) is 10. The van der Waals surface area contributed by atoms with E-state index < -0.39 is 5.79 Å². The molecule has 2 aromatic heterocycles. The second-order valence-corrected chi connectivity index (χ2v) is 11.6. The monoisotopic (exact) mass is 646 g/mol. The summed E-state index contributed by atoms with van der Waals surface area (Å²) in [5.74, 6) is -0.295. The van der Waals surface area contributed by atoms with Crippen LogP contribution in [-0.4, -0.2) is 57.0 Å². The fourth-order valence-corrected chi connectivity index (χ4v) is 5.46. The van der Waals surface area contributed by atoms with Crippen LogP contribution in [0.5, 0.6) is 5.75 Å². The first-order valence-corrected chi connectivity index (χ1v) is 16.0. The van der Waals surface area contributed by atoms with Crippen LogP contribution >= 0.6 is 0 Å². The number of hydrogen-bond donors (Lipinski definition) is 2. The van der Waals surface area contributed by atoms with Crippen molar-refractivity contribution in [2.45, 2.75) is 44.6 Å². The van der Waals surface area contributed by atoms with E-state index in [1.165, 1.54) is 4.68 Å². The minimum atomic E-state index is -1.02. The van der Waals surface area contributed by atoms with Crippen LogP contribution < -0.4 is 21.1 Å². The van der Waals surface area contributed by atoms with Gasteiger partial charge in [-0.1, -0.05) is 19.1 Å². The van der Waals surface area contributed by atoms with Crippen molar-refractivity contribution in [3.05, 3.63) is 125 Å². The Hall–Kier alpha value is -5.51. The molecule has 1 aliphatic rings. The second-order valence-electron chi connectivity index (χ2n) is 11.6. The van der Waals surface area contributed by atoms with E-state index in [1.54, 1.807) is 35.4 Å². The molecule has 0 radical (unpaired) electrons. The van der Waals surface area contributed by atoms with E-state index in [9.17, 15) is 10.1 Å². The van der Waals surface area contributed by atoms with Gasteiger partial charge in [0, 0.05) is 42.6 Å². The summed E-state index contributed by atoms with van der Waals surface area (Å²) in [6.45, 7) is 6.11. The molecule has 1 fully saturated rings. The van der Waals surface area contributed by atoms with E-state index in [0.717, 1.165) is 40.4 Å². The first-order chi connectivity index (χ1) is 23.5. The zero-order valence-electron chi connectivity index (χ0n) is 27.0. The van der Waals surface area contributed by atoms with Crippen LogP contribution in [0.4, 0.5) is 11.4 Å². The molecule has 246 valence electrons. The largest absolute Gasteiger partial charge is 0.491 e. The van der Waals surface area contributed by atoms with Gasteiger partial charge in [-0.15, -0.1) is 0 Å². The minimum Gasteiger partial charge on any atom is -0.491 e. The van der Waals surface area contributed by atoms with Crippen molar-refractivity contribution >= 4 is 11.4 Å². The summed E-state index contributed by atoms with van der Waals surface area (Å²) in [6, 6.07) is 26.9. The fourth-order valence-electron chi connectivity index (χ4n) is 5.46. The molecule has 1 unspecified atom stereocenters. The lowest BCUT2D eigenvalue weighted by molar-refractivity contribution is -0.178. The third-order valence-electron chi connectivity index (χ3n) is 8.32. The zero-order chi connectivity index (χ0) is 33.3. The highest BCUT2D eigenvalue weighted by atomic mass is 16.8. The number of rotatable bonds is 14. The predicted octanol–water partition coefficient (Wildman–Crippen LogP) is 5.08. The number of nitrogens with zero attached hydrogens (tertiary/aromatic N) is 6. The van der Waals surface area contributed by atoms with Crippen molar-refractivity contribution in [3.8, 4) is 17.5 Å². The quantitative estimate of drug-likeness (QED) is 0.157. The van der Waals surface area contributed by atoms with Crippen LogP contribution in [-0.2, 0) is 21.7 Å². The third kappa shape index (κ3) is 7.54. The van der Waals surface area contributed by atoms with Crippen molar-refractivity contribution in [2.75, 3.05) is 36.9 Å². The standard InChI is InChI=1S/C36H38N8O4/c1-3-26(2)44-35(45)43(25-42-44)32-12-8-30(9-13-32)38-18-19-39-31-10-14-33(15-11-31)46-23-34-24-47-36(48-34,20-28-16-17-40-41-22-28)29-6-4-27(21-37)5-7-29/h4-17,22,25-26,34,38-39H,3,18-20,23-24H2,1-2H3/t26?,34-,36-/m1/s1. The minimum absolute atomic E-state index is 0.0580. The van der Waals surface area contributed by atoms with Gasteiger partial charge in [-0.2, -0.15) is 20.6 Å². The van der Waals surface area contributed by atoms with Gasteiger partial charge in [0.05, 0.1) is 36.2 Å². The molecule has 1 aliphatic heterocycles. The molecular weight excluding hydrogens is 608 g/mol. The van der Waals surface area contributed by atoms with E-state index in [1.807, 2.05) is 80.6 Å². The SMILES string of the molecule is CCC(C)n1ncn(-c2ccc(NCCNc3ccc(OC[C@@H]4CO[C@@](Cc5ccnnc5)(c5ccc(C#N)cc5)O4)cc3)cc2)c1=O. The Kier molecular flexibility index (Phi) is 10.1. The summed E-state index contributed by atoms with van der Waals surface area (Å²) < 4.78 is 21.9. The van der Waals surface area contributed by atoms with Crippen LogP contribution in [0.25, 0.3) is 5.69 Å². The average Bonchev–Trinajstić information content (AvgIpc) is 3.73. The number of nitrogens with one attached hydrogen (secondary N) is 2. The van der Waals surface area contributed by atoms with E-state index in [4.69, 9.17) is 14.2 Å². The van der Waals surface area contributed by atoms with Gasteiger partial charge in [0.25, 0.3) is 0 Å². The first kappa shape index (κ1) is 32.4. The predicted molar refractivity (Wildman–Crippen MR) is 181 cm³/mol. The molecular formula is C36H38N8O4. The molecule has 48 heavy (non-hydrogen) atoms. The Morgan fingerprint density at radius 2 is 1.71 bits per heavy atom. The Labute approximate surface area is 278 Å². The van der Waals surface area contributed by atoms with Gasteiger partial charge in [0.1, 0.15) is 24.8 Å². The maximum atomic E-state index is 12.7. The van der Waals surface area contributed by atoms with Gasteiger partial charge in [0.2, 0.25) is 0 Å². The number of benzene rings is 3. The summed E-state index contributed by atoms with van der Waals surface area (Å²) >= 11 is 0. The number of nitriles is 1. The van der Waals surface area contributed by atoms with Crippen LogP contribution in [0, 0.1) is 11.3 Å². The molecule has 3 heterocycles. The first-order valence-electron chi connectivity index (χ1n) is 16.0. The smallest absolute Gasteiger partial charge is 0.350 e. The maximum Gasteiger partial charge on any atom is 0.350 e.